The monoisotopic (exact) mass is 219 g/mol. The van der Waals surface area contributed by atoms with Gasteiger partial charge in [0.1, 0.15) is 12.4 Å². The van der Waals surface area contributed by atoms with Gasteiger partial charge in [0.25, 0.3) is 0 Å². The van der Waals surface area contributed by atoms with E-state index < -0.39 is 18.9 Å². The van der Waals surface area contributed by atoms with E-state index in [1.807, 2.05) is 0 Å². The fourth-order valence-corrected chi connectivity index (χ4v) is 0.936. The van der Waals surface area contributed by atoms with Crippen LogP contribution in [0.5, 0.6) is 5.75 Å². The SMILES string of the molecule is COC(COc1cc[c]cc1)C(F)(F)F. The van der Waals surface area contributed by atoms with Gasteiger partial charge in [0.2, 0.25) is 0 Å². The lowest BCUT2D eigenvalue weighted by Crippen LogP contribution is -2.36. The first-order valence-electron chi connectivity index (χ1n) is 4.22. The van der Waals surface area contributed by atoms with Gasteiger partial charge in [-0.2, -0.15) is 13.2 Å². The van der Waals surface area contributed by atoms with Crippen molar-refractivity contribution in [3.63, 3.8) is 0 Å². The van der Waals surface area contributed by atoms with Crippen LogP contribution in [0.25, 0.3) is 0 Å². The van der Waals surface area contributed by atoms with E-state index in [2.05, 4.69) is 10.8 Å². The number of rotatable bonds is 4. The smallest absolute Gasteiger partial charge is 0.417 e. The van der Waals surface area contributed by atoms with Crippen molar-refractivity contribution in [2.24, 2.45) is 0 Å². The minimum absolute atomic E-state index is 0.361. The summed E-state index contributed by atoms with van der Waals surface area (Å²) in [6, 6.07) is 8.91. The van der Waals surface area contributed by atoms with E-state index in [1.165, 1.54) is 12.1 Å². The van der Waals surface area contributed by atoms with Crippen LogP contribution in [0.2, 0.25) is 0 Å². The minimum Gasteiger partial charge on any atom is -0.491 e. The number of alkyl halides is 3. The molecule has 1 aromatic rings. The van der Waals surface area contributed by atoms with Crippen molar-refractivity contribution in [1.82, 2.24) is 0 Å². The van der Waals surface area contributed by atoms with Gasteiger partial charge >= 0.3 is 6.18 Å². The maximum absolute atomic E-state index is 12.2. The molecular weight excluding hydrogens is 209 g/mol. The van der Waals surface area contributed by atoms with Crippen molar-refractivity contribution < 1.29 is 22.6 Å². The second kappa shape index (κ2) is 5.02. The molecular formula is C10H10F3O2. The highest BCUT2D eigenvalue weighted by atomic mass is 19.4. The third-order valence-electron chi connectivity index (χ3n) is 1.74. The number of halogens is 3. The second-order valence-corrected chi connectivity index (χ2v) is 2.81. The Morgan fingerprint density at radius 2 is 1.93 bits per heavy atom. The lowest BCUT2D eigenvalue weighted by atomic mass is 10.3. The van der Waals surface area contributed by atoms with Gasteiger partial charge in [0.05, 0.1) is 0 Å². The molecule has 0 aromatic heterocycles. The first kappa shape index (κ1) is 11.8. The zero-order chi connectivity index (χ0) is 11.3. The van der Waals surface area contributed by atoms with Crippen molar-refractivity contribution in [2.45, 2.75) is 12.3 Å². The standard InChI is InChI=1S/C10H10F3O2/c1-14-9(10(11,12)13)7-15-8-5-3-2-4-6-8/h3-6,9H,7H2,1H3. The van der Waals surface area contributed by atoms with E-state index in [1.54, 1.807) is 12.1 Å². The van der Waals surface area contributed by atoms with Gasteiger partial charge in [-0.1, -0.05) is 12.1 Å². The van der Waals surface area contributed by atoms with E-state index in [9.17, 15) is 13.2 Å². The Hall–Kier alpha value is -1.23. The van der Waals surface area contributed by atoms with Crippen LogP contribution in [-0.2, 0) is 4.74 Å². The van der Waals surface area contributed by atoms with E-state index in [0.29, 0.717) is 5.75 Å². The second-order valence-electron chi connectivity index (χ2n) is 2.81. The quantitative estimate of drug-likeness (QED) is 0.774. The number of hydrogen-bond acceptors (Lipinski definition) is 2. The molecule has 83 valence electrons. The van der Waals surface area contributed by atoms with Gasteiger partial charge in [0, 0.05) is 7.11 Å². The van der Waals surface area contributed by atoms with Crippen LogP contribution in [0.4, 0.5) is 13.2 Å². The highest BCUT2D eigenvalue weighted by Crippen LogP contribution is 2.23. The Balaban J connectivity index is 2.49. The highest BCUT2D eigenvalue weighted by Gasteiger charge is 2.40. The third kappa shape index (κ3) is 3.79. The molecule has 0 saturated carbocycles. The topological polar surface area (TPSA) is 18.5 Å². The minimum atomic E-state index is -4.41. The van der Waals surface area contributed by atoms with Gasteiger partial charge in [-0.3, -0.25) is 0 Å². The molecule has 5 heteroatoms. The Bertz CT molecular complexity index is 284. The van der Waals surface area contributed by atoms with Crippen molar-refractivity contribution >= 4 is 0 Å². The lowest BCUT2D eigenvalue weighted by molar-refractivity contribution is -0.219. The van der Waals surface area contributed by atoms with Gasteiger partial charge < -0.3 is 9.47 Å². The summed E-state index contributed by atoms with van der Waals surface area (Å²) in [6.45, 7) is -0.552. The summed E-state index contributed by atoms with van der Waals surface area (Å²) in [7, 11) is 1.00. The number of hydrogen-bond donors (Lipinski definition) is 0. The molecule has 2 nitrogen and oxygen atoms in total. The molecule has 0 saturated heterocycles. The Morgan fingerprint density at radius 3 is 2.40 bits per heavy atom. The molecule has 1 aromatic carbocycles. The van der Waals surface area contributed by atoms with E-state index in [0.717, 1.165) is 7.11 Å². The maximum atomic E-state index is 12.2. The Labute approximate surface area is 85.6 Å². The van der Waals surface area contributed by atoms with Crippen LogP contribution >= 0.6 is 0 Å². The summed E-state index contributed by atoms with van der Waals surface area (Å²) >= 11 is 0. The van der Waals surface area contributed by atoms with Crippen molar-refractivity contribution in [3.8, 4) is 5.75 Å². The van der Waals surface area contributed by atoms with Gasteiger partial charge in [0.15, 0.2) is 6.10 Å². The molecule has 1 unspecified atom stereocenters. The van der Waals surface area contributed by atoms with Crippen molar-refractivity contribution in [2.75, 3.05) is 13.7 Å². The van der Waals surface area contributed by atoms with E-state index in [4.69, 9.17) is 4.74 Å². The molecule has 0 aliphatic rings. The summed E-state index contributed by atoms with van der Waals surface area (Å²) in [5.74, 6) is 0.361. The van der Waals surface area contributed by atoms with E-state index >= 15 is 0 Å². The number of ether oxygens (including phenoxy) is 2. The molecule has 1 rings (SSSR count). The summed E-state index contributed by atoms with van der Waals surface area (Å²) in [6.07, 6.45) is -6.31. The van der Waals surface area contributed by atoms with Crippen LogP contribution in [0.1, 0.15) is 0 Å². The molecule has 0 spiro atoms. The maximum Gasteiger partial charge on any atom is 0.417 e. The largest absolute Gasteiger partial charge is 0.491 e. The van der Waals surface area contributed by atoms with Gasteiger partial charge in [-0.05, 0) is 18.2 Å². The zero-order valence-corrected chi connectivity index (χ0v) is 8.04. The molecule has 0 N–H and O–H groups in total. The first-order valence-corrected chi connectivity index (χ1v) is 4.22. The fourth-order valence-electron chi connectivity index (χ4n) is 0.936. The number of benzene rings is 1. The highest BCUT2D eigenvalue weighted by molar-refractivity contribution is 5.20. The molecule has 0 bridgehead atoms. The summed E-state index contributed by atoms with van der Waals surface area (Å²) < 4.78 is 45.8. The van der Waals surface area contributed by atoms with Gasteiger partial charge in [-0.15, -0.1) is 0 Å². The lowest BCUT2D eigenvalue weighted by Gasteiger charge is -2.18. The summed E-state index contributed by atoms with van der Waals surface area (Å²) in [5.41, 5.74) is 0. The van der Waals surface area contributed by atoms with Crippen LogP contribution in [0.15, 0.2) is 24.3 Å². The van der Waals surface area contributed by atoms with E-state index in [-0.39, 0.29) is 0 Å². The molecule has 0 amide bonds. The normalized spacial score (nSPS) is 13.6. The Kier molecular flexibility index (Phi) is 3.96. The number of methoxy groups -OCH3 is 1. The van der Waals surface area contributed by atoms with Crippen molar-refractivity contribution in [1.29, 1.82) is 0 Å². The zero-order valence-electron chi connectivity index (χ0n) is 8.04. The molecule has 15 heavy (non-hydrogen) atoms. The predicted octanol–water partition coefficient (Wildman–Crippen LogP) is 2.44. The van der Waals surface area contributed by atoms with Crippen molar-refractivity contribution in [3.05, 3.63) is 30.3 Å². The fraction of sp³-hybridized carbons (Fsp3) is 0.400. The average Bonchev–Trinajstić information content (AvgIpc) is 2.18. The molecule has 0 heterocycles. The molecule has 1 radical (unpaired) electrons. The van der Waals surface area contributed by atoms with Crippen LogP contribution < -0.4 is 4.74 Å². The molecule has 0 aliphatic heterocycles. The first-order chi connectivity index (χ1) is 7.04. The summed E-state index contributed by atoms with van der Waals surface area (Å²) in [5, 5.41) is 0. The molecule has 0 fully saturated rings. The summed E-state index contributed by atoms with van der Waals surface area (Å²) in [4.78, 5) is 0. The third-order valence-corrected chi connectivity index (χ3v) is 1.74. The van der Waals surface area contributed by atoms with Crippen LogP contribution in [0, 0.1) is 6.07 Å². The average molecular weight is 219 g/mol. The molecule has 1 atom stereocenters. The van der Waals surface area contributed by atoms with Crippen LogP contribution in [0.3, 0.4) is 0 Å². The van der Waals surface area contributed by atoms with Gasteiger partial charge in [-0.25, -0.2) is 0 Å². The predicted molar refractivity (Wildman–Crippen MR) is 47.6 cm³/mol. The van der Waals surface area contributed by atoms with Crippen LogP contribution in [-0.4, -0.2) is 26.0 Å². The Morgan fingerprint density at radius 1 is 1.33 bits per heavy atom. The molecule has 0 aliphatic carbocycles.